The van der Waals surface area contributed by atoms with E-state index >= 15 is 0 Å². The van der Waals surface area contributed by atoms with Crippen LogP contribution in [0, 0.1) is 0 Å². The summed E-state index contributed by atoms with van der Waals surface area (Å²) in [5.74, 6) is 0.232. The van der Waals surface area contributed by atoms with E-state index in [2.05, 4.69) is 21.2 Å². The van der Waals surface area contributed by atoms with Gasteiger partial charge in [0.2, 0.25) is 11.8 Å². The maximum Gasteiger partial charge on any atom is 0.251 e. The highest BCUT2D eigenvalue weighted by atomic mass is 32.1. The fourth-order valence-corrected chi connectivity index (χ4v) is 5.47. The zero-order valence-electron chi connectivity index (χ0n) is 19.5. The van der Waals surface area contributed by atoms with Crippen molar-refractivity contribution in [1.29, 1.82) is 0 Å². The molecule has 3 heterocycles. The molecule has 3 aromatic rings. The maximum atomic E-state index is 12.5. The molecule has 35 heavy (non-hydrogen) atoms. The zero-order valence-corrected chi connectivity index (χ0v) is 20.3. The number of aromatic nitrogens is 1. The number of ether oxygens (including phenoxy) is 1. The molecular weight excluding hydrogens is 466 g/mol. The monoisotopic (exact) mass is 493 g/mol. The van der Waals surface area contributed by atoms with Crippen LogP contribution >= 0.6 is 11.3 Å². The molecule has 0 spiro atoms. The van der Waals surface area contributed by atoms with E-state index < -0.39 is 0 Å². The van der Waals surface area contributed by atoms with E-state index in [-0.39, 0.29) is 30.6 Å². The number of nitrogens with one attached hydrogen (secondary N) is 1. The van der Waals surface area contributed by atoms with Crippen LogP contribution in [-0.4, -0.2) is 74.0 Å². The summed E-state index contributed by atoms with van der Waals surface area (Å²) >= 11 is 1.68. The number of anilines is 2. The van der Waals surface area contributed by atoms with Crippen LogP contribution in [0.2, 0.25) is 0 Å². The first-order valence-corrected chi connectivity index (χ1v) is 12.5. The number of benzene rings is 2. The predicted octanol–water partition coefficient (Wildman–Crippen LogP) is 2.51. The minimum atomic E-state index is -0.199. The molecule has 5 rings (SSSR count). The normalized spacial score (nSPS) is 16.8. The lowest BCUT2D eigenvalue weighted by Crippen LogP contribution is -2.48. The van der Waals surface area contributed by atoms with Crippen molar-refractivity contribution >= 4 is 50.1 Å². The fourth-order valence-electron chi connectivity index (χ4n) is 4.43. The van der Waals surface area contributed by atoms with Gasteiger partial charge >= 0.3 is 0 Å². The van der Waals surface area contributed by atoms with Gasteiger partial charge in [-0.3, -0.25) is 24.2 Å². The van der Waals surface area contributed by atoms with Crippen LogP contribution in [0.15, 0.2) is 42.5 Å². The summed E-state index contributed by atoms with van der Waals surface area (Å²) in [5.41, 5.74) is 1.93. The molecule has 2 aromatic carbocycles. The molecule has 0 atom stereocenters. The zero-order chi connectivity index (χ0) is 24.4. The molecule has 3 amide bonds. The number of amides is 3. The number of fused-ring (bicyclic) bond motifs is 1. The Labute approximate surface area is 207 Å². The SMILES string of the molecule is COc1cccc2sc(N3CCN(CCNC(=O)c4ccc(N5C(=O)CCC5=O)cc4)CC3)nc12. The van der Waals surface area contributed by atoms with Gasteiger partial charge in [-0.25, -0.2) is 4.98 Å². The van der Waals surface area contributed by atoms with E-state index in [1.807, 2.05) is 12.1 Å². The Morgan fingerprint density at radius 2 is 1.74 bits per heavy atom. The third-order valence-electron chi connectivity index (χ3n) is 6.39. The third kappa shape index (κ3) is 4.85. The highest BCUT2D eigenvalue weighted by Gasteiger charge is 2.30. The molecule has 0 saturated carbocycles. The molecular formula is C25H27N5O4S. The predicted molar refractivity (Wildman–Crippen MR) is 135 cm³/mol. The lowest BCUT2D eigenvalue weighted by atomic mass is 10.2. The number of piperazine rings is 1. The van der Waals surface area contributed by atoms with Gasteiger partial charge in [0, 0.05) is 57.7 Å². The number of nitrogens with zero attached hydrogens (tertiary/aromatic N) is 4. The second kappa shape index (κ2) is 10.0. The number of methoxy groups -OCH3 is 1. The molecule has 2 fully saturated rings. The van der Waals surface area contributed by atoms with E-state index in [0.29, 0.717) is 17.8 Å². The Morgan fingerprint density at radius 3 is 2.43 bits per heavy atom. The molecule has 9 nitrogen and oxygen atoms in total. The second-order valence-electron chi connectivity index (χ2n) is 8.56. The number of rotatable bonds is 7. The lowest BCUT2D eigenvalue weighted by Gasteiger charge is -2.34. The molecule has 1 aromatic heterocycles. The summed E-state index contributed by atoms with van der Waals surface area (Å²) in [6.07, 6.45) is 0.482. The van der Waals surface area contributed by atoms with Gasteiger partial charge in [0.05, 0.1) is 17.5 Å². The number of hydrogen-bond donors (Lipinski definition) is 1. The van der Waals surface area contributed by atoms with Crippen LogP contribution in [0.1, 0.15) is 23.2 Å². The van der Waals surface area contributed by atoms with Crippen molar-refractivity contribution in [2.45, 2.75) is 12.8 Å². The second-order valence-corrected chi connectivity index (χ2v) is 9.57. The first-order chi connectivity index (χ1) is 17.0. The number of imide groups is 1. The number of para-hydroxylation sites is 1. The van der Waals surface area contributed by atoms with Crippen molar-refractivity contribution in [1.82, 2.24) is 15.2 Å². The molecule has 2 aliphatic heterocycles. The number of carbonyl (C=O) groups excluding carboxylic acids is 3. The number of hydrogen-bond acceptors (Lipinski definition) is 8. The smallest absolute Gasteiger partial charge is 0.251 e. The van der Waals surface area contributed by atoms with E-state index in [1.54, 1.807) is 42.7 Å². The quantitative estimate of drug-likeness (QED) is 0.506. The Bertz CT molecular complexity index is 1230. The summed E-state index contributed by atoms with van der Waals surface area (Å²) in [6.45, 7) is 4.87. The Morgan fingerprint density at radius 1 is 1.03 bits per heavy atom. The van der Waals surface area contributed by atoms with E-state index in [9.17, 15) is 14.4 Å². The standard InChI is InChI=1S/C25H27N5O4S/c1-34-19-3-2-4-20-23(19)27-25(35-20)29-15-13-28(14-16-29)12-11-26-24(33)17-5-7-18(8-6-17)30-21(31)9-10-22(30)32/h2-8H,9-16H2,1H3,(H,26,33). The van der Waals surface area contributed by atoms with Crippen molar-refractivity contribution in [3.05, 3.63) is 48.0 Å². The van der Waals surface area contributed by atoms with E-state index in [1.165, 1.54) is 4.90 Å². The molecule has 0 radical (unpaired) electrons. The van der Waals surface area contributed by atoms with Crippen LogP contribution in [-0.2, 0) is 9.59 Å². The van der Waals surface area contributed by atoms with Crippen LogP contribution in [0.3, 0.4) is 0 Å². The van der Waals surface area contributed by atoms with Crippen LogP contribution < -0.4 is 19.9 Å². The molecule has 182 valence electrons. The van der Waals surface area contributed by atoms with Crippen molar-refractivity contribution in [3.8, 4) is 5.75 Å². The average Bonchev–Trinajstić information content (AvgIpc) is 3.47. The molecule has 0 unspecified atom stereocenters. The van der Waals surface area contributed by atoms with Gasteiger partial charge in [0.25, 0.3) is 5.91 Å². The lowest BCUT2D eigenvalue weighted by molar-refractivity contribution is -0.121. The molecule has 1 N–H and O–H groups in total. The summed E-state index contributed by atoms with van der Waals surface area (Å²) in [5, 5.41) is 3.97. The highest BCUT2D eigenvalue weighted by molar-refractivity contribution is 7.22. The van der Waals surface area contributed by atoms with Gasteiger partial charge in [0.1, 0.15) is 11.3 Å². The van der Waals surface area contributed by atoms with Crippen LogP contribution in [0.25, 0.3) is 10.2 Å². The van der Waals surface area contributed by atoms with Gasteiger partial charge in [-0.1, -0.05) is 17.4 Å². The first-order valence-electron chi connectivity index (χ1n) is 11.7. The van der Waals surface area contributed by atoms with E-state index in [0.717, 1.165) is 53.8 Å². The maximum absolute atomic E-state index is 12.5. The van der Waals surface area contributed by atoms with Crippen LogP contribution in [0.5, 0.6) is 5.75 Å². The van der Waals surface area contributed by atoms with E-state index in [4.69, 9.17) is 9.72 Å². The average molecular weight is 494 g/mol. The summed E-state index contributed by atoms with van der Waals surface area (Å²) in [4.78, 5) is 46.9. The van der Waals surface area contributed by atoms with Gasteiger partial charge in [-0.15, -0.1) is 0 Å². The minimum absolute atomic E-state index is 0.169. The largest absolute Gasteiger partial charge is 0.494 e. The minimum Gasteiger partial charge on any atom is -0.494 e. The van der Waals surface area contributed by atoms with Crippen molar-refractivity contribution in [2.75, 3.05) is 56.2 Å². The Hall–Kier alpha value is -3.50. The van der Waals surface area contributed by atoms with Gasteiger partial charge in [-0.2, -0.15) is 0 Å². The van der Waals surface area contributed by atoms with Crippen molar-refractivity contribution in [2.24, 2.45) is 0 Å². The van der Waals surface area contributed by atoms with Crippen molar-refractivity contribution < 1.29 is 19.1 Å². The molecule has 0 aliphatic carbocycles. The van der Waals surface area contributed by atoms with Crippen LogP contribution in [0.4, 0.5) is 10.8 Å². The molecule has 0 bridgehead atoms. The Balaban J connectivity index is 1.09. The van der Waals surface area contributed by atoms with Gasteiger partial charge in [-0.05, 0) is 36.4 Å². The molecule has 10 heteroatoms. The molecule has 2 aliphatic rings. The highest BCUT2D eigenvalue weighted by Crippen LogP contribution is 2.34. The number of thiazole rings is 1. The van der Waals surface area contributed by atoms with Gasteiger partial charge in [0.15, 0.2) is 5.13 Å². The number of carbonyl (C=O) groups is 3. The first kappa shape index (κ1) is 23.3. The van der Waals surface area contributed by atoms with Gasteiger partial charge < -0.3 is 15.0 Å². The molecule has 2 saturated heterocycles. The fraction of sp³-hybridized carbons (Fsp3) is 0.360. The summed E-state index contributed by atoms with van der Waals surface area (Å²) < 4.78 is 6.55. The van der Waals surface area contributed by atoms with Crippen molar-refractivity contribution in [3.63, 3.8) is 0 Å². The Kier molecular flexibility index (Phi) is 6.65. The summed E-state index contributed by atoms with van der Waals surface area (Å²) in [6, 6.07) is 12.6. The summed E-state index contributed by atoms with van der Waals surface area (Å²) in [7, 11) is 1.67. The third-order valence-corrected chi connectivity index (χ3v) is 7.47. The topological polar surface area (TPSA) is 95.1 Å².